The molecule has 10 atom stereocenters. The maximum atomic E-state index is 10.8. The molecule has 0 radical (unpaired) electrons. The Morgan fingerprint density at radius 3 is 1.78 bits per heavy atom. The second-order valence-corrected chi connectivity index (χ2v) is 14.1. The van der Waals surface area contributed by atoms with Crippen molar-refractivity contribution in [2.75, 3.05) is 6.61 Å². The van der Waals surface area contributed by atoms with E-state index < -0.39 is 7.82 Å². The molecule has 1 aliphatic heterocycles. The van der Waals surface area contributed by atoms with E-state index in [4.69, 9.17) is 9.79 Å². The van der Waals surface area contributed by atoms with Crippen molar-refractivity contribution in [3.8, 4) is 0 Å². The molecule has 0 spiro atoms. The molecule has 6 heteroatoms. The molecule has 6 rings (SSSR count). The molecule has 1 heterocycles. The van der Waals surface area contributed by atoms with Crippen molar-refractivity contribution in [1.29, 1.82) is 0 Å². The van der Waals surface area contributed by atoms with E-state index in [1.165, 1.54) is 32.1 Å². The van der Waals surface area contributed by atoms with Crippen molar-refractivity contribution in [3.63, 3.8) is 0 Å². The third-order valence-corrected chi connectivity index (χ3v) is 11.0. The summed E-state index contributed by atoms with van der Waals surface area (Å²) in [5.74, 6) is 10.5. The molecule has 182 valence electrons. The van der Waals surface area contributed by atoms with Gasteiger partial charge in [0.2, 0.25) is 0 Å². The van der Waals surface area contributed by atoms with E-state index in [9.17, 15) is 4.57 Å². The Labute approximate surface area is 194 Å². The summed E-state index contributed by atoms with van der Waals surface area (Å²) in [5.41, 5.74) is 0. The van der Waals surface area contributed by atoms with Crippen LogP contribution >= 0.6 is 7.82 Å². The number of hydrogen-bond acceptors (Lipinski definition) is 3. The van der Waals surface area contributed by atoms with E-state index in [0.717, 1.165) is 59.2 Å². The standard InChI is InChI=1S/C26H44NO4P/c1-2-16-8-18(16)10-20-12-22(20)14-23-13-21(23)11-19-9-17(19)5-15-6-24(7-15)26-25(27-26)3-4-31-32(28,29)30/h15-27H,2-14H2,1H3,(H2,28,29,30). The maximum absolute atomic E-state index is 10.8. The van der Waals surface area contributed by atoms with Crippen molar-refractivity contribution >= 4 is 7.82 Å². The van der Waals surface area contributed by atoms with Crippen molar-refractivity contribution in [1.82, 2.24) is 5.32 Å². The monoisotopic (exact) mass is 465 g/mol. The van der Waals surface area contributed by atoms with Gasteiger partial charge in [0.15, 0.2) is 0 Å². The zero-order chi connectivity index (χ0) is 22.0. The Morgan fingerprint density at radius 1 is 0.781 bits per heavy atom. The summed E-state index contributed by atoms with van der Waals surface area (Å²) in [6.45, 7) is 2.53. The molecule has 3 N–H and O–H groups in total. The van der Waals surface area contributed by atoms with Gasteiger partial charge in [-0.3, -0.25) is 4.52 Å². The normalized spacial score (nSPS) is 50.6. The zero-order valence-electron chi connectivity index (χ0n) is 19.8. The summed E-state index contributed by atoms with van der Waals surface area (Å²) in [4.78, 5) is 17.5. The average molecular weight is 466 g/mol. The minimum Gasteiger partial charge on any atom is -0.308 e. The maximum Gasteiger partial charge on any atom is 0.469 e. The molecule has 10 unspecified atom stereocenters. The molecule has 6 fully saturated rings. The Balaban J connectivity index is 0.794. The van der Waals surface area contributed by atoms with Crippen molar-refractivity contribution in [3.05, 3.63) is 0 Å². The first-order chi connectivity index (χ1) is 15.4. The molecular formula is C26H44NO4P. The molecule has 5 aliphatic carbocycles. The number of phosphoric acid groups is 1. The summed E-state index contributed by atoms with van der Waals surface area (Å²) in [7, 11) is -4.31. The molecular weight excluding hydrogens is 421 g/mol. The topological polar surface area (TPSA) is 88.7 Å². The highest BCUT2D eigenvalue weighted by molar-refractivity contribution is 7.46. The Bertz CT molecular complexity index is 735. The molecule has 0 aromatic heterocycles. The van der Waals surface area contributed by atoms with E-state index in [0.29, 0.717) is 18.5 Å². The van der Waals surface area contributed by atoms with Gasteiger partial charge in [-0.15, -0.1) is 0 Å². The first-order valence-corrected chi connectivity index (χ1v) is 15.4. The predicted octanol–water partition coefficient (Wildman–Crippen LogP) is 5.37. The lowest BCUT2D eigenvalue weighted by atomic mass is 9.70. The number of nitrogens with one attached hydrogen (secondary N) is 1. The lowest BCUT2D eigenvalue weighted by molar-refractivity contribution is 0.164. The lowest BCUT2D eigenvalue weighted by Gasteiger charge is -2.35. The highest BCUT2D eigenvalue weighted by Gasteiger charge is 2.52. The van der Waals surface area contributed by atoms with Gasteiger partial charge in [0.1, 0.15) is 0 Å². The van der Waals surface area contributed by atoms with E-state index in [2.05, 4.69) is 16.8 Å². The molecule has 0 aromatic rings. The van der Waals surface area contributed by atoms with E-state index in [1.54, 1.807) is 38.5 Å². The van der Waals surface area contributed by atoms with Crippen LogP contribution in [0.15, 0.2) is 0 Å². The van der Waals surface area contributed by atoms with E-state index in [1.807, 2.05) is 0 Å². The number of hydrogen-bond donors (Lipinski definition) is 3. The average Bonchev–Trinajstić information content (AvgIpc) is 3.49. The van der Waals surface area contributed by atoms with Crippen LogP contribution in [0.3, 0.4) is 0 Å². The summed E-state index contributed by atoms with van der Waals surface area (Å²) >= 11 is 0. The van der Waals surface area contributed by atoms with Gasteiger partial charge in [-0.2, -0.15) is 0 Å². The van der Waals surface area contributed by atoms with Gasteiger partial charge >= 0.3 is 7.82 Å². The van der Waals surface area contributed by atoms with Crippen LogP contribution < -0.4 is 5.32 Å². The quantitative estimate of drug-likeness (QED) is 0.237. The molecule has 0 bridgehead atoms. The summed E-state index contributed by atoms with van der Waals surface area (Å²) in [6, 6.07) is 0.990. The van der Waals surface area contributed by atoms with Crippen LogP contribution in [0.25, 0.3) is 0 Å². The molecule has 32 heavy (non-hydrogen) atoms. The van der Waals surface area contributed by atoms with Gasteiger partial charge in [0.25, 0.3) is 0 Å². The number of rotatable bonds is 14. The highest BCUT2D eigenvalue weighted by Crippen LogP contribution is 2.61. The molecule has 6 aliphatic rings. The SMILES string of the molecule is CCC1CC1CC1CC1CC1CC1CC1CC1CC1CC(C2NC2CCOP(=O)(O)O)C1. The first kappa shape index (κ1) is 22.5. The predicted molar refractivity (Wildman–Crippen MR) is 125 cm³/mol. The second-order valence-electron chi connectivity index (χ2n) is 12.9. The van der Waals surface area contributed by atoms with Crippen LogP contribution in [0, 0.1) is 59.2 Å². The molecule has 1 saturated heterocycles. The van der Waals surface area contributed by atoms with Crippen molar-refractivity contribution in [2.24, 2.45) is 59.2 Å². The van der Waals surface area contributed by atoms with Gasteiger partial charge < -0.3 is 15.1 Å². The van der Waals surface area contributed by atoms with Gasteiger partial charge in [-0.25, -0.2) is 4.57 Å². The van der Waals surface area contributed by atoms with Gasteiger partial charge in [0.05, 0.1) is 6.61 Å². The molecule has 5 saturated carbocycles. The second kappa shape index (κ2) is 8.63. The van der Waals surface area contributed by atoms with E-state index >= 15 is 0 Å². The van der Waals surface area contributed by atoms with Crippen molar-refractivity contribution in [2.45, 2.75) is 96.1 Å². The Morgan fingerprint density at radius 2 is 1.28 bits per heavy atom. The fourth-order valence-electron chi connectivity index (χ4n) is 7.85. The van der Waals surface area contributed by atoms with Crippen LogP contribution in [-0.2, 0) is 9.09 Å². The van der Waals surface area contributed by atoms with Crippen LogP contribution in [0.4, 0.5) is 0 Å². The third-order valence-electron chi connectivity index (χ3n) is 10.5. The summed E-state index contributed by atoms with van der Waals surface area (Å²) in [5, 5.41) is 3.50. The summed E-state index contributed by atoms with van der Waals surface area (Å²) < 4.78 is 15.3. The van der Waals surface area contributed by atoms with Crippen LogP contribution in [0.1, 0.15) is 84.0 Å². The highest BCUT2D eigenvalue weighted by atomic mass is 31.2. The minimum absolute atomic E-state index is 0.155. The molecule has 5 nitrogen and oxygen atoms in total. The smallest absolute Gasteiger partial charge is 0.308 e. The Kier molecular flexibility index (Phi) is 6.07. The third kappa shape index (κ3) is 5.65. The van der Waals surface area contributed by atoms with Gasteiger partial charge in [0, 0.05) is 12.1 Å². The summed E-state index contributed by atoms with van der Waals surface area (Å²) in [6.07, 6.45) is 17.2. The van der Waals surface area contributed by atoms with Gasteiger partial charge in [-0.05, 0) is 130 Å². The van der Waals surface area contributed by atoms with E-state index in [-0.39, 0.29) is 6.61 Å². The molecule has 0 aromatic carbocycles. The zero-order valence-corrected chi connectivity index (χ0v) is 20.7. The molecule has 0 amide bonds. The van der Waals surface area contributed by atoms with Crippen LogP contribution in [0.2, 0.25) is 0 Å². The first-order valence-electron chi connectivity index (χ1n) is 13.8. The fraction of sp³-hybridized carbons (Fsp3) is 1.00. The Hall–Kier alpha value is 0.0700. The largest absolute Gasteiger partial charge is 0.469 e. The number of phosphoric ester groups is 1. The van der Waals surface area contributed by atoms with Gasteiger partial charge in [-0.1, -0.05) is 13.3 Å². The van der Waals surface area contributed by atoms with Crippen LogP contribution in [0.5, 0.6) is 0 Å². The fourth-order valence-corrected chi connectivity index (χ4v) is 8.19. The minimum atomic E-state index is -4.31. The van der Waals surface area contributed by atoms with Crippen LogP contribution in [-0.4, -0.2) is 28.5 Å². The van der Waals surface area contributed by atoms with Crippen molar-refractivity contribution < 1.29 is 18.9 Å². The lowest BCUT2D eigenvalue weighted by Crippen LogP contribution is -2.30.